The van der Waals surface area contributed by atoms with E-state index in [2.05, 4.69) is 9.44 Å². The molecule has 1 atom stereocenters. The third kappa shape index (κ3) is 6.02. The molecule has 0 aliphatic carbocycles. The van der Waals surface area contributed by atoms with Crippen molar-refractivity contribution in [3.05, 3.63) is 54.1 Å². The van der Waals surface area contributed by atoms with Crippen LogP contribution < -0.4 is 9.44 Å². The van der Waals surface area contributed by atoms with Gasteiger partial charge in [-0.15, -0.1) is 0 Å². The van der Waals surface area contributed by atoms with Crippen molar-refractivity contribution in [1.29, 1.82) is 0 Å². The van der Waals surface area contributed by atoms with E-state index in [1.165, 1.54) is 20.8 Å². The van der Waals surface area contributed by atoms with Crippen molar-refractivity contribution in [2.45, 2.75) is 31.7 Å². The molecule has 0 aliphatic rings. The van der Waals surface area contributed by atoms with E-state index >= 15 is 0 Å². The largest absolute Gasteiger partial charge is 0.284 e. The van der Waals surface area contributed by atoms with E-state index in [1.54, 1.807) is 42.5 Å². The lowest BCUT2D eigenvalue weighted by molar-refractivity contribution is 0.196. The maximum absolute atomic E-state index is 15.0. The van der Waals surface area contributed by atoms with Crippen molar-refractivity contribution in [2.24, 2.45) is 0 Å². The molecule has 28 heavy (non-hydrogen) atoms. The Morgan fingerprint density at radius 3 is 2.14 bits per heavy atom. The Labute approximate surface area is 166 Å². The first-order valence-electron chi connectivity index (χ1n) is 8.66. The van der Waals surface area contributed by atoms with Crippen LogP contribution in [0.15, 0.2) is 48.5 Å². The van der Waals surface area contributed by atoms with Gasteiger partial charge in [-0.25, -0.2) is 25.9 Å². The molecule has 2 aromatic carbocycles. The van der Waals surface area contributed by atoms with E-state index in [-0.39, 0.29) is 6.54 Å². The van der Waals surface area contributed by atoms with Gasteiger partial charge in [-0.05, 0) is 49.6 Å². The van der Waals surface area contributed by atoms with Crippen LogP contribution in [0.4, 0.5) is 10.1 Å². The van der Waals surface area contributed by atoms with Crippen LogP contribution in [0.1, 0.15) is 26.3 Å². The van der Waals surface area contributed by atoms with Crippen LogP contribution in [0.5, 0.6) is 0 Å². The summed E-state index contributed by atoms with van der Waals surface area (Å²) in [5, 5.41) is -0.640. The Balaban J connectivity index is 2.20. The average Bonchev–Trinajstić information content (AvgIpc) is 2.59. The van der Waals surface area contributed by atoms with Gasteiger partial charge in [-0.3, -0.25) is 4.72 Å². The number of nitrogens with one attached hydrogen (secondary N) is 2. The second-order valence-electron chi connectivity index (χ2n) is 7.14. The number of halogens is 1. The molecule has 0 heterocycles. The van der Waals surface area contributed by atoms with Crippen molar-refractivity contribution in [3.63, 3.8) is 0 Å². The fourth-order valence-corrected chi connectivity index (χ4v) is 3.85. The van der Waals surface area contributed by atoms with Crippen LogP contribution in [0.2, 0.25) is 0 Å². The Bertz CT molecular complexity index is 1030. The number of hydrogen-bond donors (Lipinski definition) is 2. The Morgan fingerprint density at radius 1 is 1.00 bits per heavy atom. The Hall–Kier alpha value is -1.97. The molecular formula is C19H25FN2O4S2. The second kappa shape index (κ2) is 8.18. The van der Waals surface area contributed by atoms with E-state index < -0.39 is 31.0 Å². The number of anilines is 1. The first-order valence-corrected chi connectivity index (χ1v) is 12.1. The molecule has 0 radical (unpaired) electrons. The summed E-state index contributed by atoms with van der Waals surface area (Å²) in [6, 6.07) is 13.5. The molecule has 154 valence electrons. The van der Waals surface area contributed by atoms with Gasteiger partial charge in [0.25, 0.3) is 0 Å². The molecule has 0 bridgehead atoms. The third-order valence-corrected chi connectivity index (χ3v) is 6.61. The number of rotatable bonds is 8. The van der Waals surface area contributed by atoms with Gasteiger partial charge < -0.3 is 0 Å². The zero-order valence-corrected chi connectivity index (χ0v) is 17.9. The lowest BCUT2D eigenvalue weighted by atomic mass is 9.95. The van der Waals surface area contributed by atoms with E-state index in [1.807, 2.05) is 6.07 Å². The lowest BCUT2D eigenvalue weighted by Crippen LogP contribution is -2.39. The van der Waals surface area contributed by atoms with Gasteiger partial charge >= 0.3 is 0 Å². The molecule has 0 aromatic heterocycles. The topological polar surface area (TPSA) is 92.3 Å². The minimum atomic E-state index is -3.56. The molecule has 2 rings (SSSR count). The summed E-state index contributed by atoms with van der Waals surface area (Å²) in [5.74, 6) is 0. The smallest absolute Gasteiger partial charge is 0.229 e. The summed E-state index contributed by atoms with van der Waals surface area (Å²) < 4.78 is 66.2. The van der Waals surface area contributed by atoms with Gasteiger partial charge in [-0.2, -0.15) is 0 Å². The minimum absolute atomic E-state index is 0.341. The van der Waals surface area contributed by atoms with Gasteiger partial charge in [-0.1, -0.05) is 36.4 Å². The summed E-state index contributed by atoms with van der Waals surface area (Å²) in [6.07, 6.45) is 1.07. The highest BCUT2D eigenvalue weighted by Crippen LogP contribution is 2.29. The SMILES string of the molecule is CC(C)S(=O)(=O)NCC(C)(F)c1ccc(-c2cccc(NS(C)(=O)=O)c2)cc1. The first kappa shape index (κ1) is 22.3. The highest BCUT2D eigenvalue weighted by Gasteiger charge is 2.29. The number of hydrogen-bond acceptors (Lipinski definition) is 4. The molecular weight excluding hydrogens is 403 g/mol. The molecule has 9 heteroatoms. The van der Waals surface area contributed by atoms with Gasteiger partial charge in [0.1, 0.15) is 5.67 Å². The molecule has 0 saturated carbocycles. The molecule has 0 aliphatic heterocycles. The summed E-state index contributed by atoms with van der Waals surface area (Å²) in [5.41, 5.74) is 0.441. The van der Waals surface area contributed by atoms with Crippen LogP contribution in [-0.4, -0.2) is 34.9 Å². The van der Waals surface area contributed by atoms with Crippen molar-refractivity contribution in [3.8, 4) is 11.1 Å². The van der Waals surface area contributed by atoms with E-state index in [4.69, 9.17) is 0 Å². The third-order valence-electron chi connectivity index (χ3n) is 4.21. The van der Waals surface area contributed by atoms with Crippen LogP contribution in [0.3, 0.4) is 0 Å². The van der Waals surface area contributed by atoms with Crippen LogP contribution in [0.25, 0.3) is 11.1 Å². The summed E-state index contributed by atoms with van der Waals surface area (Å²) in [6.45, 7) is 4.01. The average molecular weight is 429 g/mol. The Kier molecular flexibility index (Phi) is 6.52. The highest BCUT2D eigenvalue weighted by atomic mass is 32.2. The standard InChI is InChI=1S/C19H25FN2O4S2/c1-14(2)28(25,26)21-13-19(3,20)17-10-8-15(9-11-17)16-6-5-7-18(12-16)22-27(4,23)24/h5-12,14,21-22H,13H2,1-4H3. The summed E-state index contributed by atoms with van der Waals surface area (Å²) in [7, 11) is -6.94. The number of sulfonamides is 2. The molecule has 6 nitrogen and oxygen atoms in total. The van der Waals surface area contributed by atoms with Crippen molar-refractivity contribution in [2.75, 3.05) is 17.5 Å². The van der Waals surface area contributed by atoms with Gasteiger partial charge in [0.05, 0.1) is 11.5 Å². The molecule has 2 N–H and O–H groups in total. The van der Waals surface area contributed by atoms with Crippen molar-refractivity contribution in [1.82, 2.24) is 4.72 Å². The Morgan fingerprint density at radius 2 is 1.61 bits per heavy atom. The molecule has 0 spiro atoms. The van der Waals surface area contributed by atoms with Gasteiger partial charge in [0, 0.05) is 12.2 Å². The summed E-state index contributed by atoms with van der Waals surface area (Å²) in [4.78, 5) is 0. The second-order valence-corrected chi connectivity index (χ2v) is 11.2. The highest BCUT2D eigenvalue weighted by molar-refractivity contribution is 7.92. The molecule has 0 saturated heterocycles. The van der Waals surface area contributed by atoms with E-state index in [9.17, 15) is 21.2 Å². The first-order chi connectivity index (χ1) is 12.8. The fraction of sp³-hybridized carbons (Fsp3) is 0.368. The lowest BCUT2D eigenvalue weighted by Gasteiger charge is -2.22. The molecule has 0 amide bonds. The summed E-state index contributed by atoms with van der Waals surface area (Å²) >= 11 is 0. The van der Waals surface area contributed by atoms with E-state index in [0.29, 0.717) is 11.3 Å². The predicted octanol–water partition coefficient (Wildman–Crippen LogP) is 3.24. The zero-order valence-electron chi connectivity index (χ0n) is 16.2. The molecule has 1 unspecified atom stereocenters. The van der Waals surface area contributed by atoms with Crippen molar-refractivity contribution >= 4 is 25.7 Å². The molecule has 2 aromatic rings. The molecule has 0 fully saturated rings. The number of alkyl halides is 1. The normalized spacial score (nSPS) is 14.6. The quantitative estimate of drug-likeness (QED) is 0.675. The van der Waals surface area contributed by atoms with Gasteiger partial charge in [0.2, 0.25) is 20.0 Å². The van der Waals surface area contributed by atoms with Crippen LogP contribution in [-0.2, 0) is 25.7 Å². The number of benzene rings is 2. The predicted molar refractivity (Wildman–Crippen MR) is 111 cm³/mol. The maximum atomic E-state index is 15.0. The van der Waals surface area contributed by atoms with Gasteiger partial charge in [0.15, 0.2) is 0 Å². The van der Waals surface area contributed by atoms with Crippen molar-refractivity contribution < 1.29 is 21.2 Å². The monoisotopic (exact) mass is 428 g/mol. The van der Waals surface area contributed by atoms with Crippen LogP contribution in [0, 0.1) is 0 Å². The zero-order chi connectivity index (χ0) is 21.2. The van der Waals surface area contributed by atoms with Crippen LogP contribution >= 0.6 is 0 Å². The maximum Gasteiger partial charge on any atom is 0.229 e. The fourth-order valence-electron chi connectivity index (χ4n) is 2.49. The van der Waals surface area contributed by atoms with E-state index in [0.717, 1.165) is 17.4 Å². The minimum Gasteiger partial charge on any atom is -0.284 e.